The molecule has 1 atom stereocenters. The van der Waals surface area contributed by atoms with Crippen LogP contribution in [0.3, 0.4) is 0 Å². The van der Waals surface area contributed by atoms with Crippen molar-refractivity contribution in [2.75, 3.05) is 10.3 Å². The highest BCUT2D eigenvalue weighted by molar-refractivity contribution is 5.99. The van der Waals surface area contributed by atoms with Crippen molar-refractivity contribution in [3.8, 4) is 5.75 Å². The van der Waals surface area contributed by atoms with Gasteiger partial charge in [0.1, 0.15) is 17.1 Å². The standard InChI is InChI=1S/C20H26N4O4/c1-10(20(2,3)4)22-14-15(18(27)17(14)26)24(21)13-7-5-6-12(16(13)25)19(28)23-11-8-9-11/h5-7,10-11,22,25H,8-9,21H2,1-4H3,(H,23,28)/t10-/m0/s1. The van der Waals surface area contributed by atoms with Crippen LogP contribution in [0.15, 0.2) is 27.8 Å². The second-order valence-corrected chi connectivity index (χ2v) is 8.40. The number of phenolic OH excluding ortho intramolecular Hbond substituents is 1. The van der Waals surface area contributed by atoms with Gasteiger partial charge in [0.15, 0.2) is 5.75 Å². The summed E-state index contributed by atoms with van der Waals surface area (Å²) < 4.78 is 0. The van der Waals surface area contributed by atoms with Crippen LogP contribution in [0.25, 0.3) is 0 Å². The fourth-order valence-electron chi connectivity index (χ4n) is 2.70. The predicted octanol–water partition coefficient (Wildman–Crippen LogP) is 1.74. The maximum Gasteiger partial charge on any atom is 0.255 e. The van der Waals surface area contributed by atoms with Crippen molar-refractivity contribution < 1.29 is 9.90 Å². The summed E-state index contributed by atoms with van der Waals surface area (Å²) in [4.78, 5) is 36.6. The number of phenols is 1. The van der Waals surface area contributed by atoms with E-state index in [1.165, 1.54) is 12.1 Å². The molecule has 1 aliphatic rings. The highest BCUT2D eigenvalue weighted by atomic mass is 16.3. The van der Waals surface area contributed by atoms with E-state index >= 15 is 0 Å². The van der Waals surface area contributed by atoms with Crippen LogP contribution in [0.4, 0.5) is 17.1 Å². The fraction of sp³-hybridized carbons (Fsp3) is 0.450. The number of nitrogens with one attached hydrogen (secondary N) is 2. The van der Waals surface area contributed by atoms with Crippen LogP contribution in [-0.4, -0.2) is 23.1 Å². The molecule has 5 N–H and O–H groups in total. The third-order valence-electron chi connectivity index (χ3n) is 5.22. The van der Waals surface area contributed by atoms with E-state index in [1.807, 2.05) is 27.7 Å². The van der Waals surface area contributed by atoms with Crippen molar-refractivity contribution in [1.29, 1.82) is 0 Å². The number of aromatic hydroxyl groups is 1. The summed E-state index contributed by atoms with van der Waals surface area (Å²) in [7, 11) is 0. The number of anilines is 3. The molecule has 2 aromatic rings. The first kappa shape index (κ1) is 19.9. The molecular weight excluding hydrogens is 360 g/mol. The molecule has 2 aromatic carbocycles. The summed E-state index contributed by atoms with van der Waals surface area (Å²) in [5.41, 5.74) is -1.32. The van der Waals surface area contributed by atoms with Crippen molar-refractivity contribution in [3.63, 3.8) is 0 Å². The SMILES string of the molecule is C[C@H](Nc1c(N(N)c2cccc(C(=O)NC3CC3)c2O)c(=O)c1=O)C(C)(C)C. The Hall–Kier alpha value is -2.87. The molecule has 0 aromatic heterocycles. The Morgan fingerprint density at radius 3 is 2.46 bits per heavy atom. The Bertz CT molecular complexity index is 981. The highest BCUT2D eigenvalue weighted by Crippen LogP contribution is 2.36. The normalized spacial score (nSPS) is 15.3. The lowest BCUT2D eigenvalue weighted by molar-refractivity contribution is 0.0948. The topological polar surface area (TPSA) is 125 Å². The van der Waals surface area contributed by atoms with Crippen LogP contribution in [0.2, 0.25) is 0 Å². The van der Waals surface area contributed by atoms with Gasteiger partial charge in [-0.1, -0.05) is 26.8 Å². The molecule has 0 saturated heterocycles. The van der Waals surface area contributed by atoms with Crippen molar-refractivity contribution in [2.45, 2.75) is 52.6 Å². The number of nitrogens with zero attached hydrogens (tertiary/aromatic N) is 1. The number of amides is 1. The molecule has 3 rings (SSSR count). The number of carbonyl (C=O) groups excluding carboxylic acids is 1. The van der Waals surface area contributed by atoms with Gasteiger partial charge in [-0.05, 0) is 37.3 Å². The third-order valence-corrected chi connectivity index (χ3v) is 5.22. The monoisotopic (exact) mass is 386 g/mol. The van der Waals surface area contributed by atoms with Crippen molar-refractivity contribution in [2.24, 2.45) is 11.3 Å². The minimum absolute atomic E-state index is 0.0313. The van der Waals surface area contributed by atoms with E-state index in [-0.39, 0.29) is 45.9 Å². The molecule has 1 saturated carbocycles. The lowest BCUT2D eigenvalue weighted by atomic mass is 9.87. The van der Waals surface area contributed by atoms with E-state index in [2.05, 4.69) is 10.6 Å². The predicted molar refractivity (Wildman–Crippen MR) is 109 cm³/mol. The average Bonchev–Trinajstić information content (AvgIpc) is 3.43. The number of benzene rings is 1. The van der Waals surface area contributed by atoms with Gasteiger partial charge in [-0.15, -0.1) is 0 Å². The van der Waals surface area contributed by atoms with Gasteiger partial charge in [0, 0.05) is 12.1 Å². The van der Waals surface area contributed by atoms with Crippen LogP contribution in [0, 0.1) is 5.41 Å². The molecule has 8 nitrogen and oxygen atoms in total. The van der Waals surface area contributed by atoms with Crippen molar-refractivity contribution in [1.82, 2.24) is 5.32 Å². The second kappa shape index (κ2) is 6.94. The zero-order valence-electron chi connectivity index (χ0n) is 16.5. The molecule has 150 valence electrons. The fourth-order valence-corrected chi connectivity index (χ4v) is 2.70. The van der Waals surface area contributed by atoms with Crippen LogP contribution < -0.4 is 32.3 Å². The van der Waals surface area contributed by atoms with Gasteiger partial charge in [0.2, 0.25) is 0 Å². The second-order valence-electron chi connectivity index (χ2n) is 8.40. The Kier molecular flexibility index (Phi) is 4.93. The third kappa shape index (κ3) is 3.60. The van der Waals surface area contributed by atoms with Crippen LogP contribution in [0.5, 0.6) is 5.75 Å². The van der Waals surface area contributed by atoms with Gasteiger partial charge >= 0.3 is 0 Å². The maximum atomic E-state index is 12.3. The number of nitrogens with two attached hydrogens (primary N) is 1. The van der Waals surface area contributed by atoms with Crippen LogP contribution in [0.1, 0.15) is 50.9 Å². The molecule has 28 heavy (non-hydrogen) atoms. The maximum absolute atomic E-state index is 12.3. The Labute approximate surface area is 163 Å². The van der Waals surface area contributed by atoms with Crippen molar-refractivity contribution >= 4 is 23.0 Å². The summed E-state index contributed by atoms with van der Waals surface area (Å²) in [6.07, 6.45) is 1.83. The molecule has 0 bridgehead atoms. The number of hydrazine groups is 1. The summed E-state index contributed by atoms with van der Waals surface area (Å²) in [5, 5.41) is 17.4. The molecule has 1 amide bonds. The van der Waals surface area contributed by atoms with Gasteiger partial charge in [0.05, 0.1) is 5.56 Å². The number of para-hydroxylation sites is 1. The molecule has 0 spiro atoms. The minimum atomic E-state index is -0.738. The first-order valence-corrected chi connectivity index (χ1v) is 9.30. The van der Waals surface area contributed by atoms with Gasteiger partial charge in [-0.3, -0.25) is 19.4 Å². The molecule has 0 unspecified atom stereocenters. The zero-order chi connectivity index (χ0) is 20.8. The Balaban J connectivity index is 1.92. The van der Waals surface area contributed by atoms with E-state index in [4.69, 9.17) is 5.84 Å². The first-order valence-electron chi connectivity index (χ1n) is 9.30. The minimum Gasteiger partial charge on any atom is -0.505 e. The number of hydrogen-bond donors (Lipinski definition) is 4. The average molecular weight is 386 g/mol. The van der Waals surface area contributed by atoms with E-state index in [0.717, 1.165) is 17.9 Å². The van der Waals surface area contributed by atoms with E-state index in [1.54, 1.807) is 6.07 Å². The van der Waals surface area contributed by atoms with Crippen molar-refractivity contribution in [3.05, 3.63) is 44.2 Å². The van der Waals surface area contributed by atoms with E-state index in [0.29, 0.717) is 0 Å². The van der Waals surface area contributed by atoms with Gasteiger partial charge < -0.3 is 15.7 Å². The number of rotatable bonds is 6. The summed E-state index contributed by atoms with van der Waals surface area (Å²) in [6.45, 7) is 7.92. The van der Waals surface area contributed by atoms with Crippen LogP contribution in [-0.2, 0) is 0 Å². The largest absolute Gasteiger partial charge is 0.505 e. The molecule has 0 radical (unpaired) electrons. The summed E-state index contributed by atoms with van der Waals surface area (Å²) in [6, 6.07) is 4.55. The Morgan fingerprint density at radius 2 is 1.89 bits per heavy atom. The number of carbonyl (C=O) groups is 1. The summed E-state index contributed by atoms with van der Waals surface area (Å²) >= 11 is 0. The summed E-state index contributed by atoms with van der Waals surface area (Å²) in [5.74, 6) is 5.34. The van der Waals surface area contributed by atoms with E-state index < -0.39 is 16.8 Å². The lowest BCUT2D eigenvalue weighted by Gasteiger charge is -2.31. The quantitative estimate of drug-likeness (QED) is 0.338. The molecular formula is C20H26N4O4. The molecule has 0 aliphatic heterocycles. The molecule has 1 aliphatic carbocycles. The smallest absolute Gasteiger partial charge is 0.255 e. The highest BCUT2D eigenvalue weighted by Gasteiger charge is 2.31. The molecule has 1 fully saturated rings. The number of hydrogen-bond acceptors (Lipinski definition) is 7. The molecule has 8 heteroatoms. The van der Waals surface area contributed by atoms with E-state index in [9.17, 15) is 19.5 Å². The van der Waals surface area contributed by atoms with Crippen LogP contribution >= 0.6 is 0 Å². The van der Waals surface area contributed by atoms with Gasteiger partial charge in [-0.2, -0.15) is 0 Å². The first-order chi connectivity index (χ1) is 13.0. The Morgan fingerprint density at radius 1 is 1.25 bits per heavy atom. The molecule has 0 heterocycles. The van der Waals surface area contributed by atoms with Gasteiger partial charge in [0.25, 0.3) is 16.8 Å². The lowest BCUT2D eigenvalue weighted by Crippen LogP contribution is -2.46. The zero-order valence-corrected chi connectivity index (χ0v) is 16.5. The van der Waals surface area contributed by atoms with Gasteiger partial charge in [-0.25, -0.2) is 5.84 Å².